The summed E-state index contributed by atoms with van der Waals surface area (Å²) in [7, 11) is 1.84. The fourth-order valence-corrected chi connectivity index (χ4v) is 1.80. The van der Waals surface area contributed by atoms with Crippen LogP contribution in [0.1, 0.15) is 11.1 Å². The van der Waals surface area contributed by atoms with Crippen LogP contribution in [0.4, 0.5) is 0 Å². The third-order valence-electron chi connectivity index (χ3n) is 2.68. The second-order valence-corrected chi connectivity index (χ2v) is 3.76. The molecule has 0 spiro atoms. The minimum Gasteiger partial charge on any atom is -0.393 e. The van der Waals surface area contributed by atoms with Gasteiger partial charge in [0.15, 0.2) is 0 Å². The van der Waals surface area contributed by atoms with E-state index in [0.717, 1.165) is 16.7 Å². The first kappa shape index (κ1) is 10.5. The topological polar surface area (TPSA) is 51.7 Å². The van der Waals surface area contributed by atoms with Gasteiger partial charge in [-0.1, -0.05) is 6.07 Å². The number of hydrogen-bond donors (Lipinski definition) is 3. The number of nitrogens with one attached hydrogen (secondary N) is 3. The molecule has 0 radical (unpaired) electrons. The van der Waals surface area contributed by atoms with Crippen LogP contribution in [-0.2, 0) is 0 Å². The SMILES string of the molecule is CN/C=C(\C=N)c1ccc2[nH]cc(C)c2c1. The minimum atomic E-state index is 0.880. The van der Waals surface area contributed by atoms with Gasteiger partial charge >= 0.3 is 0 Å². The predicted molar refractivity (Wildman–Crippen MR) is 68.9 cm³/mol. The molecule has 0 bridgehead atoms. The average Bonchev–Trinajstić information content (AvgIpc) is 2.68. The molecule has 0 unspecified atom stereocenters. The Labute approximate surface area is 94.7 Å². The van der Waals surface area contributed by atoms with Crippen LogP contribution in [0.2, 0.25) is 0 Å². The lowest BCUT2D eigenvalue weighted by Gasteiger charge is -2.02. The predicted octanol–water partition coefficient (Wildman–Crippen LogP) is 2.69. The molecule has 3 N–H and O–H groups in total. The third-order valence-corrected chi connectivity index (χ3v) is 2.68. The van der Waals surface area contributed by atoms with Crippen molar-refractivity contribution in [3.8, 4) is 0 Å². The van der Waals surface area contributed by atoms with E-state index in [2.05, 4.69) is 23.3 Å². The normalized spacial score (nSPS) is 11.8. The summed E-state index contributed by atoms with van der Waals surface area (Å²) in [6, 6.07) is 6.17. The summed E-state index contributed by atoms with van der Waals surface area (Å²) in [6.07, 6.45) is 5.19. The van der Waals surface area contributed by atoms with E-state index in [1.807, 2.05) is 31.6 Å². The van der Waals surface area contributed by atoms with E-state index in [9.17, 15) is 0 Å². The van der Waals surface area contributed by atoms with Crippen LogP contribution in [0, 0.1) is 12.3 Å². The Hall–Kier alpha value is -2.03. The number of aromatic nitrogens is 1. The Kier molecular flexibility index (Phi) is 2.77. The highest BCUT2D eigenvalue weighted by Crippen LogP contribution is 2.22. The minimum absolute atomic E-state index is 0.880. The van der Waals surface area contributed by atoms with Gasteiger partial charge in [-0.3, -0.25) is 0 Å². The maximum absolute atomic E-state index is 7.38. The van der Waals surface area contributed by atoms with Crippen molar-refractivity contribution in [2.75, 3.05) is 7.05 Å². The van der Waals surface area contributed by atoms with Crippen molar-refractivity contribution in [3.63, 3.8) is 0 Å². The Morgan fingerprint density at radius 2 is 2.25 bits per heavy atom. The van der Waals surface area contributed by atoms with E-state index in [4.69, 9.17) is 5.41 Å². The molecule has 82 valence electrons. The number of allylic oxidation sites excluding steroid dienone is 1. The Bertz CT molecular complexity index is 549. The van der Waals surface area contributed by atoms with Crippen molar-refractivity contribution < 1.29 is 0 Å². The molecule has 0 saturated heterocycles. The molecule has 0 aliphatic carbocycles. The molecule has 0 atom stereocenters. The molecule has 0 fully saturated rings. The summed E-state index contributed by atoms with van der Waals surface area (Å²) in [5.74, 6) is 0. The fourth-order valence-electron chi connectivity index (χ4n) is 1.80. The molecule has 2 aromatic rings. The molecule has 0 aliphatic rings. The van der Waals surface area contributed by atoms with Crippen molar-refractivity contribution in [3.05, 3.63) is 41.7 Å². The van der Waals surface area contributed by atoms with Crippen molar-refractivity contribution >= 4 is 22.7 Å². The lowest BCUT2D eigenvalue weighted by atomic mass is 10.0. The average molecular weight is 213 g/mol. The first-order valence-corrected chi connectivity index (χ1v) is 5.22. The summed E-state index contributed by atoms with van der Waals surface area (Å²) < 4.78 is 0. The second-order valence-electron chi connectivity index (χ2n) is 3.76. The summed E-state index contributed by atoms with van der Waals surface area (Å²) in [5, 5.41) is 11.5. The van der Waals surface area contributed by atoms with Crippen molar-refractivity contribution in [1.82, 2.24) is 10.3 Å². The number of aromatic amines is 1. The highest BCUT2D eigenvalue weighted by Gasteiger charge is 2.03. The number of fused-ring (bicyclic) bond motifs is 1. The van der Waals surface area contributed by atoms with Crippen LogP contribution in [0.15, 0.2) is 30.6 Å². The highest BCUT2D eigenvalue weighted by molar-refractivity contribution is 6.09. The molecule has 1 aromatic heterocycles. The smallest absolute Gasteiger partial charge is 0.0457 e. The summed E-state index contributed by atoms with van der Waals surface area (Å²) in [4.78, 5) is 3.21. The molecule has 2 rings (SSSR count). The van der Waals surface area contributed by atoms with Crippen molar-refractivity contribution in [2.45, 2.75) is 6.92 Å². The molecular weight excluding hydrogens is 198 g/mol. The summed E-state index contributed by atoms with van der Waals surface area (Å²) in [6.45, 7) is 2.08. The van der Waals surface area contributed by atoms with Gasteiger partial charge in [-0.2, -0.15) is 0 Å². The second kappa shape index (κ2) is 4.23. The fraction of sp³-hybridized carbons (Fsp3) is 0.154. The molecule has 0 saturated carbocycles. The van der Waals surface area contributed by atoms with Gasteiger partial charge in [0, 0.05) is 42.1 Å². The van der Waals surface area contributed by atoms with Crippen LogP contribution < -0.4 is 5.32 Å². The Morgan fingerprint density at radius 3 is 2.94 bits per heavy atom. The van der Waals surface area contributed by atoms with E-state index < -0.39 is 0 Å². The number of hydrogen-bond acceptors (Lipinski definition) is 2. The zero-order valence-corrected chi connectivity index (χ0v) is 9.46. The first-order chi connectivity index (χ1) is 7.76. The van der Waals surface area contributed by atoms with Gasteiger partial charge in [-0.15, -0.1) is 0 Å². The van der Waals surface area contributed by atoms with E-state index in [1.165, 1.54) is 17.2 Å². The molecule has 0 aliphatic heterocycles. The highest BCUT2D eigenvalue weighted by atomic mass is 14.8. The standard InChI is InChI=1S/C13H15N3/c1-9-7-16-13-4-3-10(5-12(9)13)11(6-14)8-15-2/h3-8,14-16H,1-2H3/b11-8+,14-6?. The third kappa shape index (κ3) is 1.72. The molecule has 1 heterocycles. The monoisotopic (exact) mass is 213 g/mol. The van der Waals surface area contributed by atoms with Crippen LogP contribution in [0.3, 0.4) is 0 Å². The molecule has 16 heavy (non-hydrogen) atoms. The van der Waals surface area contributed by atoms with Gasteiger partial charge in [0.1, 0.15) is 0 Å². The molecule has 3 heteroatoms. The molecular formula is C13H15N3. The quantitative estimate of drug-likeness (QED) is 0.674. The van der Waals surface area contributed by atoms with E-state index >= 15 is 0 Å². The van der Waals surface area contributed by atoms with Gasteiger partial charge in [0.25, 0.3) is 0 Å². The van der Waals surface area contributed by atoms with Crippen LogP contribution in [0.25, 0.3) is 16.5 Å². The van der Waals surface area contributed by atoms with Crippen molar-refractivity contribution in [1.29, 1.82) is 5.41 Å². The summed E-state index contributed by atoms with van der Waals surface area (Å²) >= 11 is 0. The number of H-pyrrole nitrogens is 1. The van der Waals surface area contributed by atoms with Crippen molar-refractivity contribution in [2.24, 2.45) is 0 Å². The van der Waals surface area contributed by atoms with Gasteiger partial charge in [0.05, 0.1) is 0 Å². The van der Waals surface area contributed by atoms with Crippen LogP contribution in [0.5, 0.6) is 0 Å². The van der Waals surface area contributed by atoms with E-state index in [-0.39, 0.29) is 0 Å². The maximum Gasteiger partial charge on any atom is 0.0457 e. The lowest BCUT2D eigenvalue weighted by Crippen LogP contribution is -1.97. The zero-order valence-electron chi connectivity index (χ0n) is 9.46. The zero-order chi connectivity index (χ0) is 11.5. The molecule has 1 aromatic carbocycles. The number of aryl methyl sites for hydroxylation is 1. The molecule has 3 nitrogen and oxygen atoms in total. The van der Waals surface area contributed by atoms with E-state index in [1.54, 1.807) is 0 Å². The Morgan fingerprint density at radius 1 is 1.44 bits per heavy atom. The van der Waals surface area contributed by atoms with Gasteiger partial charge in [-0.05, 0) is 30.2 Å². The van der Waals surface area contributed by atoms with Gasteiger partial charge in [-0.25, -0.2) is 0 Å². The Balaban J connectivity index is 2.57. The first-order valence-electron chi connectivity index (χ1n) is 5.22. The lowest BCUT2D eigenvalue weighted by molar-refractivity contribution is 1.11. The molecule has 0 amide bonds. The van der Waals surface area contributed by atoms with Gasteiger partial charge in [0.2, 0.25) is 0 Å². The number of rotatable bonds is 3. The van der Waals surface area contributed by atoms with Gasteiger partial charge < -0.3 is 15.7 Å². The number of benzene rings is 1. The van der Waals surface area contributed by atoms with E-state index in [0.29, 0.717) is 0 Å². The largest absolute Gasteiger partial charge is 0.393 e. The maximum atomic E-state index is 7.38. The van der Waals surface area contributed by atoms with Crippen LogP contribution >= 0.6 is 0 Å². The summed E-state index contributed by atoms with van der Waals surface area (Å²) in [5.41, 5.74) is 4.30. The van der Waals surface area contributed by atoms with Crippen LogP contribution in [-0.4, -0.2) is 18.2 Å².